The molecule has 1 unspecified atom stereocenters. The SMILES string of the molecule is CCC1(C)CN(Cc2ccc(Br)cn2)C2(CCCC2)CN1. The van der Waals surface area contributed by atoms with E-state index in [1.807, 2.05) is 6.20 Å². The third-order valence-corrected chi connectivity index (χ3v) is 5.98. The molecule has 2 heterocycles. The second-order valence-corrected chi connectivity index (χ2v) is 7.94. The number of halogens is 1. The molecule has 1 aliphatic heterocycles. The number of aromatic nitrogens is 1. The summed E-state index contributed by atoms with van der Waals surface area (Å²) in [5.41, 5.74) is 1.79. The van der Waals surface area contributed by atoms with Crippen LogP contribution in [0.4, 0.5) is 0 Å². The van der Waals surface area contributed by atoms with Crippen LogP contribution in [0, 0.1) is 0 Å². The maximum absolute atomic E-state index is 4.59. The van der Waals surface area contributed by atoms with Crippen molar-refractivity contribution in [3.05, 3.63) is 28.5 Å². The van der Waals surface area contributed by atoms with Gasteiger partial charge < -0.3 is 5.32 Å². The lowest BCUT2D eigenvalue weighted by atomic mass is 9.85. The van der Waals surface area contributed by atoms with Crippen molar-refractivity contribution in [2.45, 2.75) is 63.6 Å². The Labute approximate surface area is 136 Å². The van der Waals surface area contributed by atoms with Gasteiger partial charge in [0.05, 0.1) is 5.69 Å². The number of piperazine rings is 1. The number of pyridine rings is 1. The van der Waals surface area contributed by atoms with Gasteiger partial charge in [0.15, 0.2) is 0 Å². The van der Waals surface area contributed by atoms with Crippen LogP contribution in [-0.2, 0) is 6.54 Å². The molecule has 3 rings (SSSR count). The molecular formula is C17H26BrN3. The van der Waals surface area contributed by atoms with Crippen molar-refractivity contribution < 1.29 is 0 Å². The lowest BCUT2D eigenvalue weighted by Gasteiger charge is -2.52. The van der Waals surface area contributed by atoms with E-state index in [1.54, 1.807) is 0 Å². The standard InChI is InChI=1S/C17H26BrN3/c1-3-16(2)13-21(11-15-7-6-14(18)10-19-15)17(12-20-16)8-4-5-9-17/h6-7,10,20H,3-5,8-9,11-13H2,1-2H3. The van der Waals surface area contributed by atoms with Crippen LogP contribution in [0.25, 0.3) is 0 Å². The van der Waals surface area contributed by atoms with E-state index in [4.69, 9.17) is 0 Å². The van der Waals surface area contributed by atoms with Gasteiger partial charge in [-0.1, -0.05) is 19.8 Å². The summed E-state index contributed by atoms with van der Waals surface area (Å²) in [4.78, 5) is 7.31. The van der Waals surface area contributed by atoms with Gasteiger partial charge in [0.25, 0.3) is 0 Å². The van der Waals surface area contributed by atoms with Crippen LogP contribution in [0.5, 0.6) is 0 Å². The van der Waals surface area contributed by atoms with Crippen LogP contribution in [0.2, 0.25) is 0 Å². The molecule has 0 bridgehead atoms. The van der Waals surface area contributed by atoms with E-state index in [9.17, 15) is 0 Å². The van der Waals surface area contributed by atoms with Gasteiger partial charge in [-0.25, -0.2) is 0 Å². The predicted molar refractivity (Wildman–Crippen MR) is 90.2 cm³/mol. The van der Waals surface area contributed by atoms with E-state index < -0.39 is 0 Å². The van der Waals surface area contributed by atoms with Crippen molar-refractivity contribution in [1.29, 1.82) is 0 Å². The van der Waals surface area contributed by atoms with E-state index >= 15 is 0 Å². The second-order valence-electron chi connectivity index (χ2n) is 7.02. The minimum atomic E-state index is 0.239. The fraction of sp³-hybridized carbons (Fsp3) is 0.706. The molecule has 1 aromatic heterocycles. The zero-order valence-corrected chi connectivity index (χ0v) is 14.7. The van der Waals surface area contributed by atoms with E-state index in [2.05, 4.69) is 57.1 Å². The number of rotatable bonds is 3. The molecule has 1 spiro atoms. The molecule has 3 nitrogen and oxygen atoms in total. The Hall–Kier alpha value is -0.450. The van der Waals surface area contributed by atoms with E-state index in [0.29, 0.717) is 5.54 Å². The van der Waals surface area contributed by atoms with Gasteiger partial charge in [-0.15, -0.1) is 0 Å². The summed E-state index contributed by atoms with van der Waals surface area (Å²) in [5, 5.41) is 3.83. The highest BCUT2D eigenvalue weighted by molar-refractivity contribution is 9.10. The predicted octanol–water partition coefficient (Wildman–Crippen LogP) is 3.73. The van der Waals surface area contributed by atoms with Crippen LogP contribution in [-0.4, -0.2) is 34.1 Å². The summed E-state index contributed by atoms with van der Waals surface area (Å²) < 4.78 is 1.06. The number of nitrogens with one attached hydrogen (secondary N) is 1. The maximum Gasteiger partial charge on any atom is 0.0545 e. The lowest BCUT2D eigenvalue weighted by molar-refractivity contribution is 0.00445. The highest BCUT2D eigenvalue weighted by Gasteiger charge is 2.46. The first kappa shape index (κ1) is 15.4. The Bertz CT molecular complexity index is 481. The molecule has 2 aliphatic rings. The summed E-state index contributed by atoms with van der Waals surface area (Å²) in [6.07, 6.45) is 8.49. The van der Waals surface area contributed by atoms with Crippen molar-refractivity contribution in [1.82, 2.24) is 15.2 Å². The molecule has 2 fully saturated rings. The van der Waals surface area contributed by atoms with Gasteiger partial charge in [0, 0.05) is 41.4 Å². The number of hydrogen-bond donors (Lipinski definition) is 1. The Morgan fingerprint density at radius 2 is 2.10 bits per heavy atom. The lowest BCUT2D eigenvalue weighted by Crippen LogP contribution is -2.67. The van der Waals surface area contributed by atoms with Crippen molar-refractivity contribution in [2.24, 2.45) is 0 Å². The van der Waals surface area contributed by atoms with Crippen LogP contribution < -0.4 is 5.32 Å². The summed E-state index contributed by atoms with van der Waals surface area (Å²) in [6.45, 7) is 7.88. The third kappa shape index (κ3) is 3.17. The fourth-order valence-corrected chi connectivity index (χ4v) is 4.05. The van der Waals surface area contributed by atoms with Crippen LogP contribution in [0.3, 0.4) is 0 Å². The molecule has 1 aliphatic carbocycles. The quantitative estimate of drug-likeness (QED) is 0.899. The van der Waals surface area contributed by atoms with Gasteiger partial charge in [-0.2, -0.15) is 0 Å². The van der Waals surface area contributed by atoms with Gasteiger partial charge in [0.1, 0.15) is 0 Å². The molecule has 0 aromatic carbocycles. The van der Waals surface area contributed by atoms with Gasteiger partial charge in [0.2, 0.25) is 0 Å². The Morgan fingerprint density at radius 3 is 2.71 bits per heavy atom. The smallest absolute Gasteiger partial charge is 0.0545 e. The fourth-order valence-electron chi connectivity index (χ4n) is 3.82. The molecule has 21 heavy (non-hydrogen) atoms. The van der Waals surface area contributed by atoms with Crippen LogP contribution in [0.15, 0.2) is 22.8 Å². The molecule has 0 amide bonds. The van der Waals surface area contributed by atoms with Gasteiger partial charge >= 0.3 is 0 Å². The molecular weight excluding hydrogens is 326 g/mol. The molecule has 1 saturated carbocycles. The zero-order valence-electron chi connectivity index (χ0n) is 13.2. The topological polar surface area (TPSA) is 28.2 Å². The first-order valence-electron chi connectivity index (χ1n) is 8.16. The Kier molecular flexibility index (Phi) is 4.40. The van der Waals surface area contributed by atoms with Crippen molar-refractivity contribution in [3.63, 3.8) is 0 Å². The third-order valence-electron chi connectivity index (χ3n) is 5.51. The largest absolute Gasteiger partial charge is 0.308 e. The monoisotopic (exact) mass is 351 g/mol. The van der Waals surface area contributed by atoms with Crippen molar-refractivity contribution >= 4 is 15.9 Å². The van der Waals surface area contributed by atoms with E-state index in [-0.39, 0.29) is 5.54 Å². The zero-order chi connectivity index (χ0) is 14.9. The van der Waals surface area contributed by atoms with Crippen LogP contribution in [0.1, 0.15) is 51.6 Å². The van der Waals surface area contributed by atoms with Crippen molar-refractivity contribution in [2.75, 3.05) is 13.1 Å². The normalized spacial score (nSPS) is 29.1. The first-order valence-corrected chi connectivity index (χ1v) is 8.95. The molecule has 1 N–H and O–H groups in total. The average molecular weight is 352 g/mol. The highest BCUT2D eigenvalue weighted by Crippen LogP contribution is 2.39. The molecule has 0 radical (unpaired) electrons. The van der Waals surface area contributed by atoms with E-state index in [1.165, 1.54) is 37.8 Å². The molecule has 1 aromatic rings. The Balaban J connectivity index is 1.81. The van der Waals surface area contributed by atoms with E-state index in [0.717, 1.165) is 24.1 Å². The molecule has 116 valence electrons. The highest BCUT2D eigenvalue weighted by atomic mass is 79.9. The van der Waals surface area contributed by atoms with Crippen LogP contribution >= 0.6 is 15.9 Å². The van der Waals surface area contributed by atoms with Gasteiger partial charge in [-0.3, -0.25) is 9.88 Å². The summed E-state index contributed by atoms with van der Waals surface area (Å²) in [7, 11) is 0. The summed E-state index contributed by atoms with van der Waals surface area (Å²) in [5.74, 6) is 0. The van der Waals surface area contributed by atoms with Crippen molar-refractivity contribution in [3.8, 4) is 0 Å². The number of nitrogens with zero attached hydrogens (tertiary/aromatic N) is 2. The minimum absolute atomic E-state index is 0.239. The minimum Gasteiger partial charge on any atom is -0.308 e. The summed E-state index contributed by atoms with van der Waals surface area (Å²) >= 11 is 3.47. The second kappa shape index (κ2) is 5.98. The first-order chi connectivity index (χ1) is 10.1. The molecule has 4 heteroatoms. The average Bonchev–Trinajstić information content (AvgIpc) is 2.96. The summed E-state index contributed by atoms with van der Waals surface area (Å²) in [6, 6.07) is 4.25. The number of hydrogen-bond acceptors (Lipinski definition) is 3. The molecule has 1 atom stereocenters. The van der Waals surface area contributed by atoms with Gasteiger partial charge in [-0.05, 0) is 54.2 Å². The molecule has 1 saturated heterocycles. The Morgan fingerprint density at radius 1 is 1.33 bits per heavy atom. The maximum atomic E-state index is 4.59.